The lowest BCUT2D eigenvalue weighted by molar-refractivity contribution is 0.600. The summed E-state index contributed by atoms with van der Waals surface area (Å²) in [5.41, 5.74) is 3.76. The minimum absolute atomic E-state index is 0.344. The standard InChI is InChI=1S/C15H15ClN2/c16-13-8-9-17-10-15(13)18-14-7-3-5-11-4-1-2-6-12(11)14/h1-2,4,6,8-10,14,18H,3,5,7H2. The topological polar surface area (TPSA) is 24.9 Å². The third-order valence-electron chi connectivity index (χ3n) is 3.47. The van der Waals surface area contributed by atoms with Crippen molar-refractivity contribution in [3.8, 4) is 0 Å². The first-order valence-electron chi connectivity index (χ1n) is 6.28. The Morgan fingerprint density at radius 1 is 1.22 bits per heavy atom. The second-order valence-corrected chi connectivity index (χ2v) is 5.05. The first-order valence-corrected chi connectivity index (χ1v) is 6.66. The number of nitrogens with zero attached hydrogens (tertiary/aromatic N) is 1. The van der Waals surface area contributed by atoms with Crippen LogP contribution in [0.1, 0.15) is 30.0 Å². The summed E-state index contributed by atoms with van der Waals surface area (Å²) < 4.78 is 0. The summed E-state index contributed by atoms with van der Waals surface area (Å²) in [6, 6.07) is 10.8. The molecule has 2 nitrogen and oxygen atoms in total. The highest BCUT2D eigenvalue weighted by molar-refractivity contribution is 6.33. The lowest BCUT2D eigenvalue weighted by atomic mass is 9.87. The van der Waals surface area contributed by atoms with Gasteiger partial charge < -0.3 is 5.32 Å². The molecule has 0 aliphatic heterocycles. The van der Waals surface area contributed by atoms with Crippen molar-refractivity contribution in [3.05, 3.63) is 58.9 Å². The predicted molar refractivity (Wildman–Crippen MR) is 75.0 cm³/mol. The summed E-state index contributed by atoms with van der Waals surface area (Å²) in [4.78, 5) is 4.12. The Kier molecular flexibility index (Phi) is 3.20. The molecular formula is C15H15ClN2. The SMILES string of the molecule is Clc1ccncc1NC1CCCc2ccccc21. The number of nitrogens with one attached hydrogen (secondary N) is 1. The van der Waals surface area contributed by atoms with Crippen LogP contribution in [-0.2, 0) is 6.42 Å². The molecule has 0 saturated heterocycles. The van der Waals surface area contributed by atoms with Gasteiger partial charge in [0.05, 0.1) is 22.9 Å². The maximum Gasteiger partial charge on any atom is 0.0720 e. The van der Waals surface area contributed by atoms with E-state index in [1.54, 1.807) is 12.4 Å². The number of aromatic nitrogens is 1. The van der Waals surface area contributed by atoms with Gasteiger partial charge in [-0.25, -0.2) is 0 Å². The van der Waals surface area contributed by atoms with Crippen LogP contribution in [0.25, 0.3) is 0 Å². The third kappa shape index (κ3) is 2.21. The monoisotopic (exact) mass is 258 g/mol. The number of hydrogen-bond donors (Lipinski definition) is 1. The number of aryl methyl sites for hydroxylation is 1. The second kappa shape index (κ2) is 4.99. The molecule has 3 rings (SSSR count). The zero-order valence-corrected chi connectivity index (χ0v) is 10.8. The van der Waals surface area contributed by atoms with Crippen molar-refractivity contribution < 1.29 is 0 Å². The maximum atomic E-state index is 6.17. The molecule has 1 N–H and O–H groups in total. The normalized spacial score (nSPS) is 18.2. The van der Waals surface area contributed by atoms with Crippen molar-refractivity contribution in [2.24, 2.45) is 0 Å². The second-order valence-electron chi connectivity index (χ2n) is 4.64. The minimum Gasteiger partial charge on any atom is -0.376 e. The van der Waals surface area contributed by atoms with Crippen LogP contribution in [-0.4, -0.2) is 4.98 Å². The van der Waals surface area contributed by atoms with Crippen LogP contribution in [0, 0.1) is 0 Å². The Balaban J connectivity index is 1.89. The smallest absolute Gasteiger partial charge is 0.0720 e. The lowest BCUT2D eigenvalue weighted by Crippen LogP contribution is -2.17. The van der Waals surface area contributed by atoms with Gasteiger partial charge in [-0.3, -0.25) is 4.98 Å². The first-order chi connectivity index (χ1) is 8.84. The van der Waals surface area contributed by atoms with Gasteiger partial charge in [-0.1, -0.05) is 35.9 Å². The van der Waals surface area contributed by atoms with Crippen LogP contribution in [0.15, 0.2) is 42.7 Å². The van der Waals surface area contributed by atoms with Crippen LogP contribution >= 0.6 is 11.6 Å². The summed E-state index contributed by atoms with van der Waals surface area (Å²) in [6.07, 6.45) is 7.03. The Bertz CT molecular complexity index is 554. The number of hydrogen-bond acceptors (Lipinski definition) is 2. The van der Waals surface area contributed by atoms with Gasteiger partial charge in [-0.2, -0.15) is 0 Å². The molecule has 18 heavy (non-hydrogen) atoms. The van der Waals surface area contributed by atoms with E-state index in [1.807, 2.05) is 6.07 Å². The molecule has 1 aliphatic rings. The number of halogens is 1. The van der Waals surface area contributed by atoms with Crippen molar-refractivity contribution in [2.45, 2.75) is 25.3 Å². The van der Waals surface area contributed by atoms with Gasteiger partial charge in [0.2, 0.25) is 0 Å². The van der Waals surface area contributed by atoms with Gasteiger partial charge in [-0.15, -0.1) is 0 Å². The highest BCUT2D eigenvalue weighted by atomic mass is 35.5. The molecule has 1 atom stereocenters. The van der Waals surface area contributed by atoms with E-state index in [0.717, 1.165) is 17.1 Å². The molecule has 92 valence electrons. The van der Waals surface area contributed by atoms with Crippen LogP contribution in [0.4, 0.5) is 5.69 Å². The van der Waals surface area contributed by atoms with Gasteiger partial charge in [0, 0.05) is 6.20 Å². The van der Waals surface area contributed by atoms with E-state index in [0.29, 0.717) is 6.04 Å². The van der Waals surface area contributed by atoms with Gasteiger partial charge in [0.15, 0.2) is 0 Å². The number of anilines is 1. The number of fused-ring (bicyclic) bond motifs is 1. The minimum atomic E-state index is 0.344. The summed E-state index contributed by atoms with van der Waals surface area (Å²) in [5, 5.41) is 4.24. The van der Waals surface area contributed by atoms with E-state index in [4.69, 9.17) is 11.6 Å². The van der Waals surface area contributed by atoms with E-state index in [9.17, 15) is 0 Å². The maximum absolute atomic E-state index is 6.17. The Morgan fingerprint density at radius 3 is 3.00 bits per heavy atom. The number of rotatable bonds is 2. The molecule has 1 aromatic heterocycles. The Labute approximate surface area is 112 Å². The highest BCUT2D eigenvalue weighted by Crippen LogP contribution is 2.33. The zero-order chi connectivity index (χ0) is 12.4. The van der Waals surface area contributed by atoms with Crippen LogP contribution in [0.3, 0.4) is 0 Å². The third-order valence-corrected chi connectivity index (χ3v) is 3.80. The van der Waals surface area contributed by atoms with Crippen molar-refractivity contribution in [3.63, 3.8) is 0 Å². The van der Waals surface area contributed by atoms with Crippen LogP contribution in [0.2, 0.25) is 5.02 Å². The fourth-order valence-corrected chi connectivity index (χ4v) is 2.73. The quantitative estimate of drug-likeness (QED) is 0.872. The largest absolute Gasteiger partial charge is 0.376 e. The Hall–Kier alpha value is -1.54. The molecule has 1 aliphatic carbocycles. The molecule has 0 spiro atoms. The van der Waals surface area contributed by atoms with Crippen molar-refractivity contribution >= 4 is 17.3 Å². The van der Waals surface area contributed by atoms with Crippen LogP contribution in [0.5, 0.6) is 0 Å². The van der Waals surface area contributed by atoms with Gasteiger partial charge >= 0.3 is 0 Å². The van der Waals surface area contributed by atoms with Gasteiger partial charge in [0.1, 0.15) is 0 Å². The summed E-state index contributed by atoms with van der Waals surface area (Å²) in [6.45, 7) is 0. The molecule has 0 amide bonds. The van der Waals surface area contributed by atoms with E-state index in [1.165, 1.54) is 24.0 Å². The molecule has 1 heterocycles. The molecule has 3 heteroatoms. The Morgan fingerprint density at radius 2 is 2.11 bits per heavy atom. The van der Waals surface area contributed by atoms with Crippen molar-refractivity contribution in [2.75, 3.05) is 5.32 Å². The molecule has 1 aromatic carbocycles. The van der Waals surface area contributed by atoms with E-state index in [-0.39, 0.29) is 0 Å². The van der Waals surface area contributed by atoms with Crippen LogP contribution < -0.4 is 5.32 Å². The zero-order valence-electron chi connectivity index (χ0n) is 10.1. The number of pyridine rings is 1. The number of benzene rings is 1. The predicted octanol–water partition coefficient (Wildman–Crippen LogP) is 4.22. The summed E-state index contributed by atoms with van der Waals surface area (Å²) in [7, 11) is 0. The molecule has 0 bridgehead atoms. The lowest BCUT2D eigenvalue weighted by Gasteiger charge is -2.27. The fourth-order valence-electron chi connectivity index (χ4n) is 2.58. The summed E-state index contributed by atoms with van der Waals surface area (Å²) in [5.74, 6) is 0. The molecule has 1 unspecified atom stereocenters. The summed E-state index contributed by atoms with van der Waals surface area (Å²) >= 11 is 6.17. The fraction of sp³-hybridized carbons (Fsp3) is 0.267. The van der Waals surface area contributed by atoms with E-state index >= 15 is 0 Å². The average Bonchev–Trinajstić information content (AvgIpc) is 2.42. The van der Waals surface area contributed by atoms with Crippen molar-refractivity contribution in [1.82, 2.24) is 4.98 Å². The molecule has 0 radical (unpaired) electrons. The highest BCUT2D eigenvalue weighted by Gasteiger charge is 2.19. The average molecular weight is 259 g/mol. The van der Waals surface area contributed by atoms with Crippen molar-refractivity contribution in [1.29, 1.82) is 0 Å². The molecular weight excluding hydrogens is 244 g/mol. The molecule has 0 fully saturated rings. The first kappa shape index (κ1) is 11.5. The van der Waals surface area contributed by atoms with E-state index < -0.39 is 0 Å². The van der Waals surface area contributed by atoms with Gasteiger partial charge in [0.25, 0.3) is 0 Å². The molecule has 0 saturated carbocycles. The molecule has 2 aromatic rings. The van der Waals surface area contributed by atoms with Gasteiger partial charge in [-0.05, 0) is 36.5 Å². The van der Waals surface area contributed by atoms with E-state index in [2.05, 4.69) is 34.6 Å².